The lowest BCUT2D eigenvalue weighted by atomic mass is 9.99. The van der Waals surface area contributed by atoms with Crippen molar-refractivity contribution in [3.05, 3.63) is 51.2 Å². The minimum atomic E-state index is -1.37. The van der Waals surface area contributed by atoms with Gasteiger partial charge in [-0.3, -0.25) is 0 Å². The molecule has 0 bridgehead atoms. The Hall–Kier alpha value is -1.92. The molecule has 1 aromatic heterocycles. The van der Waals surface area contributed by atoms with Crippen LogP contribution in [-0.4, -0.2) is 75.2 Å². The lowest BCUT2D eigenvalue weighted by Crippen LogP contribution is -2.44. The van der Waals surface area contributed by atoms with Gasteiger partial charge >= 0.3 is 0 Å². The van der Waals surface area contributed by atoms with Crippen LogP contribution in [0.25, 0.3) is 0 Å². The minimum absolute atomic E-state index is 0.0609. The van der Waals surface area contributed by atoms with E-state index in [9.17, 15) is 20.4 Å². The summed E-state index contributed by atoms with van der Waals surface area (Å²) in [5.41, 5.74) is 1.46. The van der Waals surface area contributed by atoms with Gasteiger partial charge in [0.05, 0.1) is 16.4 Å². The van der Waals surface area contributed by atoms with E-state index in [0.29, 0.717) is 40.4 Å². The number of nitrogens with one attached hydrogen (secondary N) is 1. The van der Waals surface area contributed by atoms with Crippen LogP contribution in [0, 0.1) is 0 Å². The summed E-state index contributed by atoms with van der Waals surface area (Å²) in [7, 11) is 1.41. The summed E-state index contributed by atoms with van der Waals surface area (Å²) in [4.78, 5) is 13.9. The molecule has 1 saturated heterocycles. The van der Waals surface area contributed by atoms with Crippen molar-refractivity contribution in [1.82, 2.24) is 9.97 Å². The van der Waals surface area contributed by atoms with Crippen LogP contribution in [0.1, 0.15) is 29.6 Å². The zero-order valence-corrected chi connectivity index (χ0v) is 18.6. The van der Waals surface area contributed by atoms with E-state index in [2.05, 4.69) is 15.1 Å². The average molecular weight is 487 g/mol. The molecule has 174 valence electrons. The minimum Gasteiger partial charge on any atom is -0.397 e. The van der Waals surface area contributed by atoms with E-state index in [1.165, 1.54) is 25.6 Å². The van der Waals surface area contributed by atoms with Crippen molar-refractivity contribution >= 4 is 29.0 Å². The zero-order chi connectivity index (χ0) is 23.0. The summed E-state index contributed by atoms with van der Waals surface area (Å²) in [6.45, 7) is 0.309. The normalized spacial score (nSPS) is 28.8. The highest BCUT2D eigenvalue weighted by atomic mass is 35.5. The standard InChI is InChI=1S/C20H24Cl2N4O6/c1-31-25-18-13-10(4-5-27)7-26(19(13)24-8-23-18)20-16(30)15(29)17(32-20)14(28)9-2-3-11(21)12(22)6-9/h2-3,6,8,10,14-17,20,27-30H,4-5,7H2,1H3,(H,23,24,25)/t10?,14-,15+,16-,17-,20-/m1/s1. The summed E-state index contributed by atoms with van der Waals surface area (Å²) < 4.78 is 5.97. The van der Waals surface area contributed by atoms with Gasteiger partial charge in [0.15, 0.2) is 11.7 Å². The quantitative estimate of drug-likeness (QED) is 0.374. The number of aromatic nitrogens is 2. The van der Waals surface area contributed by atoms with E-state index in [0.717, 1.165) is 0 Å². The lowest BCUT2D eigenvalue weighted by Gasteiger charge is -2.29. The van der Waals surface area contributed by atoms with Gasteiger partial charge in [-0.25, -0.2) is 4.98 Å². The molecule has 32 heavy (non-hydrogen) atoms. The number of hydrogen-bond donors (Lipinski definition) is 5. The Kier molecular flexibility index (Phi) is 6.91. The summed E-state index contributed by atoms with van der Waals surface area (Å²) >= 11 is 12.0. The molecular weight excluding hydrogens is 463 g/mol. The van der Waals surface area contributed by atoms with Gasteiger partial charge in [0.2, 0.25) is 0 Å². The molecule has 4 rings (SSSR count). The summed E-state index contributed by atoms with van der Waals surface area (Å²) in [5.74, 6) is 0.413. The van der Waals surface area contributed by atoms with E-state index in [1.54, 1.807) is 11.0 Å². The van der Waals surface area contributed by atoms with Gasteiger partial charge in [-0.05, 0) is 24.1 Å². The van der Waals surface area contributed by atoms with Gasteiger partial charge in [0, 0.05) is 24.6 Å². The molecule has 10 nitrogen and oxygen atoms in total. The van der Waals surface area contributed by atoms with E-state index in [-0.39, 0.29) is 17.5 Å². The Morgan fingerprint density at radius 1 is 1.31 bits per heavy atom. The maximum atomic E-state index is 10.8. The second kappa shape index (κ2) is 9.52. The predicted octanol–water partition coefficient (Wildman–Crippen LogP) is 0.645. The van der Waals surface area contributed by atoms with Gasteiger partial charge in [-0.2, -0.15) is 0 Å². The first-order valence-corrected chi connectivity index (χ1v) is 10.8. The van der Waals surface area contributed by atoms with Crippen LogP contribution >= 0.6 is 23.2 Å². The number of ether oxygens (including phenoxy) is 1. The number of anilines is 1. The van der Waals surface area contributed by atoms with E-state index >= 15 is 0 Å². The van der Waals surface area contributed by atoms with Crippen LogP contribution in [0.4, 0.5) is 5.82 Å². The predicted molar refractivity (Wildman–Crippen MR) is 115 cm³/mol. The van der Waals surface area contributed by atoms with Gasteiger partial charge in [0.25, 0.3) is 0 Å². The fourth-order valence-corrected chi connectivity index (χ4v) is 4.62. The van der Waals surface area contributed by atoms with Gasteiger partial charge < -0.3 is 39.9 Å². The molecule has 1 fully saturated rings. The van der Waals surface area contributed by atoms with Crippen molar-refractivity contribution < 1.29 is 30.0 Å². The van der Waals surface area contributed by atoms with Crippen LogP contribution in [0.5, 0.6) is 0 Å². The third-order valence-electron chi connectivity index (χ3n) is 5.83. The molecule has 1 aromatic carbocycles. The molecule has 0 spiro atoms. The Balaban J connectivity index is 1.64. The largest absolute Gasteiger partial charge is 0.397 e. The molecule has 6 atom stereocenters. The number of fused-ring (bicyclic) bond motifs is 1. The fourth-order valence-electron chi connectivity index (χ4n) is 4.31. The van der Waals surface area contributed by atoms with Gasteiger partial charge in [-0.15, -0.1) is 0 Å². The van der Waals surface area contributed by atoms with Crippen LogP contribution in [-0.2, 0) is 9.57 Å². The number of halogens is 2. The Labute approximate surface area is 193 Å². The molecule has 3 heterocycles. The molecule has 0 saturated carbocycles. The number of aliphatic hydroxyl groups excluding tert-OH is 4. The molecule has 0 amide bonds. The Bertz CT molecular complexity index is 1040. The van der Waals surface area contributed by atoms with Crippen molar-refractivity contribution in [2.45, 2.75) is 43.0 Å². The summed E-state index contributed by atoms with van der Waals surface area (Å²) in [6.07, 6.45) is -4.16. The number of nitrogens with zero attached hydrogens (tertiary/aromatic N) is 3. The second-order valence-electron chi connectivity index (χ2n) is 7.71. The van der Waals surface area contributed by atoms with Crippen molar-refractivity contribution in [3.8, 4) is 0 Å². The highest BCUT2D eigenvalue weighted by Crippen LogP contribution is 2.40. The lowest BCUT2D eigenvalue weighted by molar-refractivity contribution is -0.0669. The maximum absolute atomic E-state index is 10.8. The molecule has 1 unspecified atom stereocenters. The van der Waals surface area contributed by atoms with Crippen LogP contribution in [0.2, 0.25) is 10.0 Å². The molecule has 2 aliphatic rings. The van der Waals surface area contributed by atoms with Crippen molar-refractivity contribution in [1.29, 1.82) is 0 Å². The van der Waals surface area contributed by atoms with E-state index in [4.69, 9.17) is 32.8 Å². The Morgan fingerprint density at radius 2 is 2.09 bits per heavy atom. The van der Waals surface area contributed by atoms with Gasteiger partial charge in [0.1, 0.15) is 37.3 Å². The average Bonchev–Trinajstić information content (AvgIpc) is 3.28. The molecule has 2 aromatic rings. The zero-order valence-electron chi connectivity index (χ0n) is 17.1. The third kappa shape index (κ3) is 4.08. The fraction of sp³-hybridized carbons (Fsp3) is 0.500. The number of aliphatic hydroxyl groups is 4. The highest BCUT2D eigenvalue weighted by molar-refractivity contribution is 6.42. The van der Waals surface area contributed by atoms with Crippen molar-refractivity contribution in [2.24, 2.45) is 5.16 Å². The number of rotatable bonds is 6. The van der Waals surface area contributed by atoms with E-state index < -0.39 is 30.6 Å². The molecule has 2 aliphatic heterocycles. The molecular formula is C20H24Cl2N4O6. The number of benzene rings is 1. The summed E-state index contributed by atoms with van der Waals surface area (Å²) in [5, 5.41) is 46.4. The van der Waals surface area contributed by atoms with Crippen molar-refractivity contribution in [2.75, 3.05) is 25.2 Å². The number of hydrogen-bond acceptors (Lipinski definition) is 9. The van der Waals surface area contributed by atoms with Gasteiger partial charge in [-0.1, -0.05) is 34.4 Å². The van der Waals surface area contributed by atoms with E-state index in [1.807, 2.05) is 0 Å². The molecule has 5 N–H and O–H groups in total. The number of H-pyrrole nitrogens is 1. The first kappa shape index (κ1) is 23.2. The molecule has 0 radical (unpaired) electrons. The Morgan fingerprint density at radius 3 is 2.78 bits per heavy atom. The third-order valence-corrected chi connectivity index (χ3v) is 6.57. The maximum Gasteiger partial charge on any atom is 0.199 e. The summed E-state index contributed by atoms with van der Waals surface area (Å²) in [6, 6.07) is 4.61. The van der Waals surface area contributed by atoms with Crippen molar-refractivity contribution in [3.63, 3.8) is 0 Å². The topological polar surface area (TPSA) is 144 Å². The highest BCUT2D eigenvalue weighted by Gasteiger charge is 2.51. The van der Waals surface area contributed by atoms with Crippen LogP contribution < -0.4 is 10.4 Å². The van der Waals surface area contributed by atoms with Crippen LogP contribution in [0.3, 0.4) is 0 Å². The first-order chi connectivity index (χ1) is 15.4. The molecule has 0 aliphatic carbocycles. The first-order valence-electron chi connectivity index (χ1n) is 10.0. The smallest absolute Gasteiger partial charge is 0.199 e. The monoisotopic (exact) mass is 486 g/mol. The molecule has 12 heteroatoms. The van der Waals surface area contributed by atoms with Crippen LogP contribution in [0.15, 0.2) is 29.7 Å². The SMILES string of the molecule is CON=c1nc[nH]c2c1C(CCO)CN2[C@@H]1O[C@H]([C@H](O)c2ccc(Cl)c(Cl)c2)[C@@H](O)[C@H]1O. The second-order valence-corrected chi connectivity index (χ2v) is 8.53. The number of aromatic amines is 1.